The van der Waals surface area contributed by atoms with E-state index in [4.69, 9.17) is 4.98 Å². The van der Waals surface area contributed by atoms with Crippen LogP contribution in [0.1, 0.15) is 54.2 Å². The standard InChI is InChI=1S/C24H28N4O3/c29-21(9-6-16-4-2-1-3-5-16)27-12-10-18(14-27)22-25-20-15-28(24(31)17-7-8-17)13-11-19(20)23(30)26-22/h1-5,17-18H,6-15H2,(H,25,26,30). The zero-order valence-corrected chi connectivity index (χ0v) is 17.7. The predicted octanol–water partition coefficient (Wildman–Crippen LogP) is 2.01. The Balaban J connectivity index is 1.24. The molecule has 3 heterocycles. The van der Waals surface area contributed by atoms with E-state index >= 15 is 0 Å². The molecule has 1 N–H and O–H groups in total. The third kappa shape index (κ3) is 4.27. The van der Waals surface area contributed by atoms with E-state index in [1.807, 2.05) is 40.1 Å². The van der Waals surface area contributed by atoms with Crippen LogP contribution in [0, 0.1) is 5.92 Å². The van der Waals surface area contributed by atoms with Crippen molar-refractivity contribution in [1.29, 1.82) is 0 Å². The van der Waals surface area contributed by atoms with Crippen LogP contribution in [0.5, 0.6) is 0 Å². The number of nitrogens with zero attached hydrogens (tertiary/aromatic N) is 3. The minimum Gasteiger partial charge on any atom is -0.342 e. The molecular formula is C24H28N4O3. The molecule has 0 radical (unpaired) electrons. The van der Waals surface area contributed by atoms with Crippen LogP contribution in [0.15, 0.2) is 35.1 Å². The van der Waals surface area contributed by atoms with E-state index in [0.717, 1.165) is 36.9 Å². The Bertz CT molecular complexity index is 1040. The number of fused-ring (bicyclic) bond motifs is 1. The van der Waals surface area contributed by atoms with Gasteiger partial charge in [0.2, 0.25) is 11.8 Å². The fourth-order valence-electron chi connectivity index (χ4n) is 4.69. The molecule has 2 aromatic rings. The van der Waals surface area contributed by atoms with Crippen molar-refractivity contribution in [3.63, 3.8) is 0 Å². The van der Waals surface area contributed by atoms with E-state index in [1.165, 1.54) is 0 Å². The van der Waals surface area contributed by atoms with Gasteiger partial charge in [0.25, 0.3) is 5.56 Å². The van der Waals surface area contributed by atoms with Crippen molar-refractivity contribution in [1.82, 2.24) is 19.8 Å². The average Bonchev–Trinajstić information content (AvgIpc) is 3.53. The second kappa shape index (κ2) is 8.29. The Morgan fingerprint density at radius 3 is 2.65 bits per heavy atom. The highest BCUT2D eigenvalue weighted by atomic mass is 16.2. The Morgan fingerprint density at radius 2 is 1.87 bits per heavy atom. The normalized spacial score (nSPS) is 20.6. The number of amides is 2. The van der Waals surface area contributed by atoms with Crippen LogP contribution in [0.25, 0.3) is 0 Å². The van der Waals surface area contributed by atoms with Crippen LogP contribution in [-0.4, -0.2) is 51.2 Å². The minimum atomic E-state index is -0.0904. The topological polar surface area (TPSA) is 86.4 Å². The van der Waals surface area contributed by atoms with Gasteiger partial charge < -0.3 is 14.8 Å². The fraction of sp³-hybridized carbons (Fsp3) is 0.500. The highest BCUT2D eigenvalue weighted by Gasteiger charge is 2.36. The first-order valence-electron chi connectivity index (χ1n) is 11.3. The van der Waals surface area contributed by atoms with Gasteiger partial charge in [-0.25, -0.2) is 4.98 Å². The van der Waals surface area contributed by atoms with Crippen molar-refractivity contribution in [3.8, 4) is 0 Å². The zero-order chi connectivity index (χ0) is 21.4. The molecule has 1 aromatic heterocycles. The number of hydrogen-bond donors (Lipinski definition) is 1. The third-order valence-electron chi connectivity index (χ3n) is 6.73. The molecule has 2 aliphatic heterocycles. The number of aromatic nitrogens is 2. The van der Waals surface area contributed by atoms with Crippen LogP contribution in [0.2, 0.25) is 0 Å². The Morgan fingerprint density at radius 1 is 1.06 bits per heavy atom. The highest BCUT2D eigenvalue weighted by molar-refractivity contribution is 5.81. The van der Waals surface area contributed by atoms with Crippen LogP contribution in [0.3, 0.4) is 0 Å². The Hall–Kier alpha value is -2.96. The van der Waals surface area contributed by atoms with Gasteiger partial charge in [-0.3, -0.25) is 14.4 Å². The molecular weight excluding hydrogens is 392 g/mol. The number of benzene rings is 1. The summed E-state index contributed by atoms with van der Waals surface area (Å²) in [5.74, 6) is 1.21. The minimum absolute atomic E-state index is 0.0354. The first kappa shape index (κ1) is 20.0. The van der Waals surface area contributed by atoms with Crippen LogP contribution in [0.4, 0.5) is 0 Å². The number of nitrogens with one attached hydrogen (secondary N) is 1. The summed E-state index contributed by atoms with van der Waals surface area (Å²) in [4.78, 5) is 49.2. The van der Waals surface area contributed by atoms with Gasteiger partial charge in [0.05, 0.1) is 12.2 Å². The molecule has 1 atom stereocenters. The fourth-order valence-corrected chi connectivity index (χ4v) is 4.69. The van der Waals surface area contributed by atoms with Crippen LogP contribution < -0.4 is 5.56 Å². The van der Waals surface area contributed by atoms with Crippen molar-refractivity contribution in [2.75, 3.05) is 19.6 Å². The molecule has 0 bridgehead atoms. The maximum atomic E-state index is 12.7. The number of rotatable bonds is 5. The second-order valence-electron chi connectivity index (χ2n) is 8.97. The SMILES string of the molecule is O=C(CCc1ccccc1)N1CCC(c2nc3c(c(=O)[nH]2)CCN(C(=O)C2CC2)C3)C1. The molecule has 162 valence electrons. The van der Waals surface area contributed by atoms with Gasteiger partial charge in [-0.05, 0) is 37.7 Å². The molecule has 1 aliphatic carbocycles. The van der Waals surface area contributed by atoms with Crippen molar-refractivity contribution < 1.29 is 9.59 Å². The lowest BCUT2D eigenvalue weighted by Gasteiger charge is -2.28. The monoisotopic (exact) mass is 420 g/mol. The van der Waals surface area contributed by atoms with Gasteiger partial charge in [0.1, 0.15) is 5.82 Å². The van der Waals surface area contributed by atoms with Gasteiger partial charge in [0.15, 0.2) is 0 Å². The molecule has 2 fully saturated rings. The molecule has 7 nitrogen and oxygen atoms in total. The Labute approximate surface area is 181 Å². The summed E-state index contributed by atoms with van der Waals surface area (Å²) in [6.07, 6.45) is 4.54. The van der Waals surface area contributed by atoms with Gasteiger partial charge in [-0.2, -0.15) is 0 Å². The van der Waals surface area contributed by atoms with Crippen molar-refractivity contribution in [2.24, 2.45) is 5.92 Å². The number of likely N-dealkylation sites (tertiary alicyclic amines) is 1. The largest absolute Gasteiger partial charge is 0.342 e. The molecule has 3 aliphatic rings. The lowest BCUT2D eigenvalue weighted by atomic mass is 10.0. The van der Waals surface area contributed by atoms with E-state index in [0.29, 0.717) is 50.4 Å². The molecule has 1 saturated heterocycles. The third-order valence-corrected chi connectivity index (χ3v) is 6.73. The van der Waals surface area contributed by atoms with E-state index in [2.05, 4.69) is 4.98 Å². The van der Waals surface area contributed by atoms with Crippen LogP contribution in [-0.2, 0) is 29.0 Å². The summed E-state index contributed by atoms with van der Waals surface area (Å²) in [5.41, 5.74) is 2.51. The molecule has 5 rings (SSSR count). The summed E-state index contributed by atoms with van der Waals surface area (Å²) in [6, 6.07) is 10.0. The molecule has 1 saturated carbocycles. The maximum absolute atomic E-state index is 12.7. The van der Waals surface area contributed by atoms with E-state index in [9.17, 15) is 14.4 Å². The summed E-state index contributed by atoms with van der Waals surface area (Å²) in [5, 5.41) is 0. The van der Waals surface area contributed by atoms with E-state index in [-0.39, 0.29) is 29.2 Å². The lowest BCUT2D eigenvalue weighted by molar-refractivity contribution is -0.133. The number of carbonyl (C=O) groups excluding carboxylic acids is 2. The number of hydrogen-bond acceptors (Lipinski definition) is 4. The smallest absolute Gasteiger partial charge is 0.254 e. The highest BCUT2D eigenvalue weighted by Crippen LogP contribution is 2.32. The van der Waals surface area contributed by atoms with Crippen molar-refractivity contribution in [2.45, 2.75) is 51.0 Å². The van der Waals surface area contributed by atoms with Gasteiger partial charge in [0, 0.05) is 43.5 Å². The van der Waals surface area contributed by atoms with Gasteiger partial charge >= 0.3 is 0 Å². The molecule has 1 aromatic carbocycles. The number of aryl methyl sites for hydroxylation is 1. The average molecular weight is 421 g/mol. The van der Waals surface area contributed by atoms with Gasteiger partial charge in [-0.1, -0.05) is 30.3 Å². The quantitative estimate of drug-likeness (QED) is 0.802. The lowest BCUT2D eigenvalue weighted by Crippen LogP contribution is -2.40. The molecule has 2 amide bonds. The summed E-state index contributed by atoms with van der Waals surface area (Å²) in [6.45, 7) is 2.29. The molecule has 0 spiro atoms. The summed E-state index contributed by atoms with van der Waals surface area (Å²) >= 11 is 0. The number of H-pyrrole nitrogens is 1. The predicted molar refractivity (Wildman–Crippen MR) is 115 cm³/mol. The molecule has 31 heavy (non-hydrogen) atoms. The maximum Gasteiger partial charge on any atom is 0.254 e. The van der Waals surface area contributed by atoms with E-state index in [1.54, 1.807) is 0 Å². The Kier molecular flexibility index (Phi) is 5.34. The summed E-state index contributed by atoms with van der Waals surface area (Å²) in [7, 11) is 0. The van der Waals surface area contributed by atoms with E-state index < -0.39 is 0 Å². The number of aromatic amines is 1. The van der Waals surface area contributed by atoms with Crippen molar-refractivity contribution >= 4 is 11.8 Å². The van der Waals surface area contributed by atoms with Crippen molar-refractivity contribution in [3.05, 3.63) is 63.3 Å². The summed E-state index contributed by atoms with van der Waals surface area (Å²) < 4.78 is 0. The first-order valence-corrected chi connectivity index (χ1v) is 11.3. The first-order chi connectivity index (χ1) is 15.1. The molecule has 7 heteroatoms. The zero-order valence-electron chi connectivity index (χ0n) is 17.7. The molecule has 1 unspecified atom stereocenters. The number of carbonyl (C=O) groups is 2. The second-order valence-corrected chi connectivity index (χ2v) is 8.97. The van der Waals surface area contributed by atoms with Gasteiger partial charge in [-0.15, -0.1) is 0 Å². The van der Waals surface area contributed by atoms with Crippen LogP contribution >= 0.6 is 0 Å².